The van der Waals surface area contributed by atoms with E-state index >= 15 is 0 Å². The molecule has 0 radical (unpaired) electrons. The molecule has 0 saturated heterocycles. The predicted molar refractivity (Wildman–Crippen MR) is 112 cm³/mol. The Morgan fingerprint density at radius 2 is 1.93 bits per heavy atom. The van der Waals surface area contributed by atoms with Gasteiger partial charge in [-0.2, -0.15) is 0 Å². The minimum atomic E-state index is 0.121. The van der Waals surface area contributed by atoms with Crippen LogP contribution in [0.15, 0.2) is 42.5 Å². The van der Waals surface area contributed by atoms with Gasteiger partial charge < -0.3 is 14.5 Å². The second-order valence-corrected chi connectivity index (χ2v) is 7.50. The van der Waals surface area contributed by atoms with E-state index in [1.807, 2.05) is 23.1 Å². The molecule has 1 atom stereocenters. The van der Waals surface area contributed by atoms with Crippen molar-refractivity contribution in [2.75, 3.05) is 29.5 Å². The zero-order valence-electron chi connectivity index (χ0n) is 15.6. The molecule has 1 heterocycles. The minimum absolute atomic E-state index is 0.121. The highest BCUT2D eigenvalue weighted by Gasteiger charge is 2.29. The Balaban J connectivity index is 1.59. The number of carbonyl (C=O) groups is 1. The van der Waals surface area contributed by atoms with Gasteiger partial charge in [-0.25, -0.2) is 0 Å². The minimum Gasteiger partial charge on any atom is -0.492 e. The molecule has 144 valence electrons. The van der Waals surface area contributed by atoms with Gasteiger partial charge in [-0.1, -0.05) is 35.3 Å². The van der Waals surface area contributed by atoms with E-state index in [1.54, 1.807) is 18.2 Å². The summed E-state index contributed by atoms with van der Waals surface area (Å²) in [7, 11) is 0. The van der Waals surface area contributed by atoms with Crippen LogP contribution in [-0.2, 0) is 4.79 Å². The van der Waals surface area contributed by atoms with Crippen LogP contribution in [-0.4, -0.2) is 31.6 Å². The number of fused-ring (bicyclic) bond motifs is 1. The first-order valence-electron chi connectivity index (χ1n) is 9.25. The van der Waals surface area contributed by atoms with Crippen molar-refractivity contribution in [1.29, 1.82) is 0 Å². The van der Waals surface area contributed by atoms with Crippen molar-refractivity contribution in [1.82, 2.24) is 0 Å². The number of carbonyl (C=O) groups excluding carboxylic acids is 1. The normalized spacial score (nSPS) is 16.2. The maximum absolute atomic E-state index is 12.8. The van der Waals surface area contributed by atoms with Crippen LogP contribution in [0.3, 0.4) is 0 Å². The highest BCUT2D eigenvalue weighted by Crippen LogP contribution is 2.35. The monoisotopic (exact) mass is 406 g/mol. The van der Waals surface area contributed by atoms with Crippen LogP contribution < -0.4 is 14.5 Å². The van der Waals surface area contributed by atoms with Gasteiger partial charge >= 0.3 is 0 Å². The molecule has 1 aliphatic heterocycles. The Morgan fingerprint density at radius 1 is 1.19 bits per heavy atom. The summed E-state index contributed by atoms with van der Waals surface area (Å²) < 4.78 is 5.69. The van der Waals surface area contributed by atoms with E-state index in [1.165, 1.54) is 0 Å². The van der Waals surface area contributed by atoms with E-state index in [0.29, 0.717) is 41.8 Å². The lowest BCUT2D eigenvalue weighted by molar-refractivity contribution is -0.118. The fourth-order valence-electron chi connectivity index (χ4n) is 3.48. The average molecular weight is 407 g/mol. The lowest BCUT2D eigenvalue weighted by Gasteiger charge is -2.42. The van der Waals surface area contributed by atoms with Crippen LogP contribution >= 0.6 is 23.2 Å². The Labute approximate surface area is 170 Å². The van der Waals surface area contributed by atoms with Crippen molar-refractivity contribution < 1.29 is 9.53 Å². The number of halogens is 2. The Hall–Kier alpha value is -1.91. The van der Waals surface area contributed by atoms with E-state index in [9.17, 15) is 4.79 Å². The number of likely N-dealkylation sites (N-methyl/N-ethyl adjacent to an activating group) is 1. The number of rotatable bonds is 6. The maximum Gasteiger partial charge on any atom is 0.227 e. The summed E-state index contributed by atoms with van der Waals surface area (Å²) in [5.74, 6) is 0.708. The van der Waals surface area contributed by atoms with Crippen LogP contribution in [0.4, 0.5) is 11.4 Å². The number of nitrogens with zero attached hydrogens (tertiary/aromatic N) is 2. The van der Waals surface area contributed by atoms with E-state index in [2.05, 4.69) is 24.8 Å². The number of amides is 1. The van der Waals surface area contributed by atoms with Crippen molar-refractivity contribution in [2.24, 2.45) is 0 Å². The molecule has 3 rings (SSSR count). The molecule has 6 heteroatoms. The first-order valence-corrected chi connectivity index (χ1v) is 10.0. The van der Waals surface area contributed by atoms with Gasteiger partial charge in [0.15, 0.2) is 0 Å². The SMILES string of the molecule is CCN1c2ccccc2N(C(=O)CCCOc2ccc(Cl)cc2Cl)CC1C. The van der Waals surface area contributed by atoms with Gasteiger partial charge in [0.1, 0.15) is 5.75 Å². The molecule has 0 aliphatic carbocycles. The molecule has 1 aliphatic rings. The zero-order valence-corrected chi connectivity index (χ0v) is 17.1. The van der Waals surface area contributed by atoms with Crippen LogP contribution in [0, 0.1) is 0 Å². The molecule has 4 nitrogen and oxygen atoms in total. The fraction of sp³-hybridized carbons (Fsp3) is 0.381. The van der Waals surface area contributed by atoms with Crippen molar-refractivity contribution in [2.45, 2.75) is 32.7 Å². The maximum atomic E-state index is 12.8. The highest BCUT2D eigenvalue weighted by molar-refractivity contribution is 6.35. The largest absolute Gasteiger partial charge is 0.492 e. The first kappa shape index (κ1) is 19.8. The van der Waals surface area contributed by atoms with Gasteiger partial charge in [0.05, 0.1) is 23.0 Å². The molecule has 0 spiro atoms. The predicted octanol–water partition coefficient (Wildman–Crippen LogP) is 5.41. The molecule has 1 unspecified atom stereocenters. The summed E-state index contributed by atoms with van der Waals surface area (Å²) in [4.78, 5) is 17.1. The summed E-state index contributed by atoms with van der Waals surface area (Å²) in [5.41, 5.74) is 2.11. The first-order chi connectivity index (χ1) is 13.0. The second-order valence-electron chi connectivity index (χ2n) is 6.65. The number of hydrogen-bond donors (Lipinski definition) is 0. The molecule has 1 amide bonds. The van der Waals surface area contributed by atoms with E-state index in [-0.39, 0.29) is 11.9 Å². The standard InChI is InChI=1S/C21H24Cl2N2O2/c1-3-24-15(2)14-25(19-8-5-4-7-18(19)24)21(26)9-6-12-27-20-11-10-16(22)13-17(20)23/h4-5,7-8,10-11,13,15H,3,6,9,12,14H2,1-2H3. The van der Waals surface area contributed by atoms with Crippen molar-refractivity contribution >= 4 is 40.5 Å². The van der Waals surface area contributed by atoms with Gasteiger partial charge in [-0.3, -0.25) is 4.79 Å². The molecule has 2 aromatic rings. The Kier molecular flexibility index (Phi) is 6.51. The average Bonchev–Trinajstić information content (AvgIpc) is 2.66. The summed E-state index contributed by atoms with van der Waals surface area (Å²) in [6.45, 7) is 6.36. The van der Waals surface area contributed by atoms with E-state index in [4.69, 9.17) is 27.9 Å². The summed E-state index contributed by atoms with van der Waals surface area (Å²) in [6.07, 6.45) is 1.06. The lowest BCUT2D eigenvalue weighted by atomic mass is 10.1. The quantitative estimate of drug-likeness (QED) is 0.600. The van der Waals surface area contributed by atoms with Crippen LogP contribution in [0.5, 0.6) is 5.75 Å². The molecule has 2 aromatic carbocycles. The Morgan fingerprint density at radius 3 is 2.63 bits per heavy atom. The fourth-order valence-corrected chi connectivity index (χ4v) is 3.95. The summed E-state index contributed by atoms with van der Waals surface area (Å²) in [6, 6.07) is 13.5. The molecule has 0 fully saturated rings. The van der Waals surface area contributed by atoms with Crippen molar-refractivity contribution in [3.8, 4) is 5.75 Å². The van der Waals surface area contributed by atoms with Gasteiger partial charge in [0.25, 0.3) is 0 Å². The van der Waals surface area contributed by atoms with Gasteiger partial charge in [0, 0.05) is 30.6 Å². The number of benzene rings is 2. The molecule has 0 saturated carbocycles. The number of hydrogen-bond acceptors (Lipinski definition) is 3. The molecule has 0 aromatic heterocycles. The van der Waals surface area contributed by atoms with Gasteiger partial charge in [0.2, 0.25) is 5.91 Å². The van der Waals surface area contributed by atoms with Crippen LogP contribution in [0.1, 0.15) is 26.7 Å². The molecular formula is C21H24Cl2N2O2. The highest BCUT2D eigenvalue weighted by atomic mass is 35.5. The molecule has 0 N–H and O–H groups in total. The van der Waals surface area contributed by atoms with Crippen LogP contribution in [0.2, 0.25) is 10.0 Å². The number of anilines is 2. The number of para-hydroxylation sites is 2. The smallest absolute Gasteiger partial charge is 0.227 e. The van der Waals surface area contributed by atoms with E-state index < -0.39 is 0 Å². The van der Waals surface area contributed by atoms with Gasteiger partial charge in [-0.05, 0) is 50.6 Å². The third-order valence-electron chi connectivity index (χ3n) is 4.79. The number of ether oxygens (including phenoxy) is 1. The van der Waals surface area contributed by atoms with E-state index in [0.717, 1.165) is 17.9 Å². The molecule has 0 bridgehead atoms. The van der Waals surface area contributed by atoms with Gasteiger partial charge in [-0.15, -0.1) is 0 Å². The molecular weight excluding hydrogens is 383 g/mol. The van der Waals surface area contributed by atoms with Crippen molar-refractivity contribution in [3.05, 3.63) is 52.5 Å². The lowest BCUT2D eigenvalue weighted by Crippen LogP contribution is -2.49. The topological polar surface area (TPSA) is 32.8 Å². The summed E-state index contributed by atoms with van der Waals surface area (Å²) >= 11 is 12.0. The van der Waals surface area contributed by atoms with Crippen molar-refractivity contribution in [3.63, 3.8) is 0 Å². The Bertz CT molecular complexity index is 813. The summed E-state index contributed by atoms with van der Waals surface area (Å²) in [5, 5.41) is 1.05. The second kappa shape index (κ2) is 8.85. The third kappa shape index (κ3) is 4.50. The van der Waals surface area contributed by atoms with Crippen LogP contribution in [0.25, 0.3) is 0 Å². The molecule has 27 heavy (non-hydrogen) atoms. The third-order valence-corrected chi connectivity index (χ3v) is 5.32. The zero-order chi connectivity index (χ0) is 19.4.